The monoisotopic (exact) mass is 453 g/mol. The highest BCUT2D eigenvalue weighted by atomic mass is 127. The molecule has 1 aromatic heterocycles. The number of pyridine rings is 1. The Kier molecular flexibility index (Phi) is 5.28. The first-order chi connectivity index (χ1) is 7.45. The molecule has 0 saturated heterocycles. The van der Waals surface area contributed by atoms with Crippen LogP contribution in [0.25, 0.3) is 0 Å². The minimum Gasteiger partial charge on any atom is -0.469 e. The molecule has 0 atom stereocenters. The predicted molar refractivity (Wildman–Crippen MR) is 70.3 cm³/mol. The third-order valence-corrected chi connectivity index (χ3v) is 4.50. The second kappa shape index (κ2) is 6.03. The summed E-state index contributed by atoms with van der Waals surface area (Å²) in [6, 6.07) is 1.35. The minimum absolute atomic E-state index is 0.0756. The third kappa shape index (κ3) is 3.47. The molecule has 0 radical (unpaired) electrons. The van der Waals surface area contributed by atoms with Crippen molar-refractivity contribution in [2.75, 3.05) is 7.11 Å². The molecule has 1 rings (SSSR count). The summed E-state index contributed by atoms with van der Waals surface area (Å²) in [5, 5.41) is 0. The molecule has 0 amide bonds. The van der Waals surface area contributed by atoms with E-state index in [4.69, 9.17) is 0 Å². The van der Waals surface area contributed by atoms with Crippen LogP contribution in [-0.4, -0.2) is 18.1 Å². The maximum atomic E-state index is 12.7. The van der Waals surface area contributed by atoms with E-state index >= 15 is 0 Å². The van der Waals surface area contributed by atoms with Gasteiger partial charge in [-0.15, -0.1) is 0 Å². The first-order valence-corrected chi connectivity index (χ1v) is 6.31. The lowest BCUT2D eigenvalue weighted by Gasteiger charge is -2.08. The highest BCUT2D eigenvalue weighted by Gasteiger charge is 2.19. The van der Waals surface area contributed by atoms with Crippen molar-refractivity contribution in [2.24, 2.45) is 0 Å². The summed E-state index contributed by atoms with van der Waals surface area (Å²) < 4.78 is 31.1. The molecule has 0 N–H and O–H groups in total. The highest BCUT2D eigenvalue weighted by Crippen LogP contribution is 2.26. The summed E-state index contributed by atoms with van der Waals surface area (Å²) in [6.45, 7) is 0. The van der Waals surface area contributed by atoms with Crippen molar-refractivity contribution in [1.82, 2.24) is 4.98 Å². The number of aromatic nitrogens is 1. The van der Waals surface area contributed by atoms with Gasteiger partial charge in [0, 0.05) is 9.13 Å². The predicted octanol–water partition coefficient (Wildman–Crippen LogP) is 2.94. The molecule has 3 nitrogen and oxygen atoms in total. The van der Waals surface area contributed by atoms with Gasteiger partial charge >= 0.3 is 5.97 Å². The lowest BCUT2D eigenvalue weighted by atomic mass is 10.1. The highest BCUT2D eigenvalue weighted by molar-refractivity contribution is 14.1. The number of hydrogen-bond donors (Lipinski definition) is 0. The molecule has 88 valence electrons. The molecule has 0 saturated carbocycles. The molecular formula is C9H7F2I2NO2. The van der Waals surface area contributed by atoms with Crippen LogP contribution in [0.15, 0.2) is 6.07 Å². The van der Waals surface area contributed by atoms with Crippen LogP contribution in [0.2, 0.25) is 0 Å². The fourth-order valence-corrected chi connectivity index (χ4v) is 1.96. The van der Waals surface area contributed by atoms with Gasteiger partial charge in [-0.25, -0.2) is 13.8 Å². The third-order valence-electron chi connectivity index (χ3n) is 1.82. The van der Waals surface area contributed by atoms with E-state index in [2.05, 4.69) is 9.72 Å². The number of halogens is 4. The number of carbonyl (C=O) groups is 1. The number of rotatable bonds is 3. The molecule has 0 bridgehead atoms. The molecule has 0 aliphatic carbocycles. The van der Waals surface area contributed by atoms with E-state index in [-0.39, 0.29) is 17.7 Å². The Hall–Kier alpha value is -0.0600. The van der Waals surface area contributed by atoms with Crippen LogP contribution in [0, 0.1) is 7.27 Å². The molecule has 0 aromatic carbocycles. The molecular weight excluding hydrogens is 446 g/mol. The summed E-state index contributed by atoms with van der Waals surface area (Å²) in [4.78, 5) is 15.0. The summed E-state index contributed by atoms with van der Waals surface area (Å²) in [5.74, 6) is -0.577. The van der Waals surface area contributed by atoms with Crippen molar-refractivity contribution in [2.45, 2.75) is 12.8 Å². The lowest BCUT2D eigenvalue weighted by molar-refractivity contribution is -0.139. The van der Waals surface area contributed by atoms with Gasteiger partial charge in [0.25, 0.3) is 6.43 Å². The van der Waals surface area contributed by atoms with Gasteiger partial charge in [0.15, 0.2) is 0 Å². The Bertz CT molecular complexity index is 413. The quantitative estimate of drug-likeness (QED) is 0.402. The van der Waals surface area contributed by atoms with Crippen LogP contribution in [0.5, 0.6) is 0 Å². The van der Waals surface area contributed by atoms with E-state index in [1.54, 1.807) is 0 Å². The SMILES string of the molecule is COC(=O)Cc1nc(I)c(I)cc1C(F)F. The fourth-order valence-electron chi connectivity index (χ4n) is 1.06. The summed E-state index contributed by atoms with van der Waals surface area (Å²) in [5.41, 5.74) is -0.137. The molecule has 7 heteroatoms. The van der Waals surface area contributed by atoms with Crippen LogP contribution >= 0.6 is 45.2 Å². The van der Waals surface area contributed by atoms with E-state index in [0.29, 0.717) is 7.27 Å². The van der Waals surface area contributed by atoms with Gasteiger partial charge in [0.2, 0.25) is 0 Å². The Morgan fingerprint density at radius 1 is 1.56 bits per heavy atom. The molecule has 0 spiro atoms. The number of carbonyl (C=O) groups excluding carboxylic acids is 1. The maximum absolute atomic E-state index is 12.7. The Morgan fingerprint density at radius 3 is 2.69 bits per heavy atom. The van der Waals surface area contributed by atoms with Crippen molar-refractivity contribution in [1.29, 1.82) is 0 Å². The standard InChI is InChI=1S/C9H7F2I2NO2/c1-16-7(15)3-6-4(8(10)11)2-5(12)9(13)14-6/h2,8H,3H2,1H3. The Labute approximate surface area is 118 Å². The summed E-state index contributed by atoms with van der Waals surface area (Å²) in [6.07, 6.45) is -2.87. The van der Waals surface area contributed by atoms with E-state index in [0.717, 1.165) is 0 Å². The summed E-state index contributed by atoms with van der Waals surface area (Å²) in [7, 11) is 1.21. The molecule has 16 heavy (non-hydrogen) atoms. The van der Waals surface area contributed by atoms with Crippen molar-refractivity contribution in [3.05, 3.63) is 24.6 Å². The van der Waals surface area contributed by atoms with E-state index in [1.807, 2.05) is 45.2 Å². The van der Waals surface area contributed by atoms with Gasteiger partial charge in [0.1, 0.15) is 3.70 Å². The zero-order valence-electron chi connectivity index (χ0n) is 8.14. The van der Waals surface area contributed by atoms with Gasteiger partial charge in [-0.1, -0.05) is 0 Å². The number of nitrogens with zero attached hydrogens (tertiary/aromatic N) is 1. The largest absolute Gasteiger partial charge is 0.469 e. The van der Waals surface area contributed by atoms with Gasteiger partial charge in [-0.2, -0.15) is 0 Å². The van der Waals surface area contributed by atoms with Crippen LogP contribution in [0.3, 0.4) is 0 Å². The van der Waals surface area contributed by atoms with Crippen LogP contribution in [0.1, 0.15) is 17.7 Å². The van der Waals surface area contributed by atoms with Crippen molar-refractivity contribution >= 4 is 51.2 Å². The Balaban J connectivity index is 3.14. The zero-order valence-corrected chi connectivity index (χ0v) is 12.5. The molecule has 1 heterocycles. The average Bonchev–Trinajstić information content (AvgIpc) is 2.22. The molecule has 1 aromatic rings. The number of alkyl halides is 2. The van der Waals surface area contributed by atoms with E-state index < -0.39 is 12.4 Å². The van der Waals surface area contributed by atoms with Crippen LogP contribution < -0.4 is 0 Å². The fraction of sp³-hybridized carbons (Fsp3) is 0.333. The van der Waals surface area contributed by atoms with E-state index in [9.17, 15) is 13.6 Å². The first kappa shape index (κ1) is 14.0. The topological polar surface area (TPSA) is 39.2 Å². The van der Waals surface area contributed by atoms with Crippen LogP contribution in [-0.2, 0) is 16.0 Å². The van der Waals surface area contributed by atoms with Gasteiger partial charge in [0.05, 0.1) is 19.2 Å². The minimum atomic E-state index is -2.64. The molecule has 0 aliphatic heterocycles. The van der Waals surface area contributed by atoms with Gasteiger partial charge in [-0.3, -0.25) is 4.79 Å². The number of ether oxygens (including phenoxy) is 1. The number of hydrogen-bond acceptors (Lipinski definition) is 3. The van der Waals surface area contributed by atoms with Crippen molar-refractivity contribution in [3.8, 4) is 0 Å². The number of esters is 1. The van der Waals surface area contributed by atoms with Gasteiger partial charge < -0.3 is 4.74 Å². The number of methoxy groups -OCH3 is 1. The lowest BCUT2D eigenvalue weighted by Crippen LogP contribution is -2.10. The van der Waals surface area contributed by atoms with E-state index in [1.165, 1.54) is 13.2 Å². The maximum Gasteiger partial charge on any atom is 0.311 e. The van der Waals surface area contributed by atoms with Gasteiger partial charge in [-0.05, 0) is 51.2 Å². The normalized spacial score (nSPS) is 10.6. The van der Waals surface area contributed by atoms with Crippen molar-refractivity contribution in [3.63, 3.8) is 0 Å². The van der Waals surface area contributed by atoms with Crippen molar-refractivity contribution < 1.29 is 18.3 Å². The Morgan fingerprint density at radius 2 is 2.19 bits per heavy atom. The van der Waals surface area contributed by atoms with Crippen LogP contribution in [0.4, 0.5) is 8.78 Å². The molecule has 0 unspecified atom stereocenters. The second-order valence-corrected chi connectivity index (χ2v) is 5.03. The first-order valence-electron chi connectivity index (χ1n) is 4.15. The average molecular weight is 453 g/mol. The molecule has 0 aliphatic rings. The zero-order chi connectivity index (χ0) is 12.3. The second-order valence-electron chi connectivity index (χ2n) is 2.85. The smallest absolute Gasteiger partial charge is 0.311 e. The summed E-state index contributed by atoms with van der Waals surface area (Å²) >= 11 is 3.86. The molecule has 0 fully saturated rings.